The van der Waals surface area contributed by atoms with Crippen LogP contribution in [0.25, 0.3) is 21.8 Å². The van der Waals surface area contributed by atoms with E-state index < -0.39 is 6.61 Å². The lowest BCUT2D eigenvalue weighted by molar-refractivity contribution is -0.121. The lowest BCUT2D eigenvalue weighted by Gasteiger charge is -2.15. The van der Waals surface area contributed by atoms with E-state index in [1.54, 1.807) is 36.4 Å². The van der Waals surface area contributed by atoms with Gasteiger partial charge >= 0.3 is 6.61 Å². The first kappa shape index (κ1) is 20.5. The van der Waals surface area contributed by atoms with Crippen molar-refractivity contribution in [1.29, 1.82) is 0 Å². The first-order chi connectivity index (χ1) is 15.0. The second-order valence-electron chi connectivity index (χ2n) is 7.07. The zero-order valence-corrected chi connectivity index (χ0v) is 16.6. The van der Waals surface area contributed by atoms with Gasteiger partial charge in [0.2, 0.25) is 5.91 Å². The fourth-order valence-electron chi connectivity index (χ4n) is 3.63. The highest BCUT2D eigenvalue weighted by Gasteiger charge is 2.12. The van der Waals surface area contributed by atoms with Gasteiger partial charge in [0.1, 0.15) is 12.3 Å². The zero-order valence-electron chi connectivity index (χ0n) is 16.6. The number of halogens is 2. The molecular formula is C24H20F2N2O3. The topological polar surface area (TPSA) is 60.3 Å². The molecule has 4 aromatic rings. The second-order valence-corrected chi connectivity index (χ2v) is 7.07. The van der Waals surface area contributed by atoms with E-state index in [1.807, 2.05) is 28.8 Å². The second kappa shape index (κ2) is 8.95. The minimum Gasteiger partial charge on any atom is -0.435 e. The number of alkyl halides is 2. The number of pyridine rings is 1. The number of nitrogens with one attached hydrogen (secondary N) is 1. The van der Waals surface area contributed by atoms with E-state index in [9.17, 15) is 18.4 Å². The van der Waals surface area contributed by atoms with Crippen molar-refractivity contribution in [2.24, 2.45) is 0 Å². The third kappa shape index (κ3) is 4.55. The standard InChI is InChI=1S/C24H20F2N2O3/c25-24(26)31-17-11-9-16(10-12-17)13-14-27-22(29)15-28-20-7-3-1-5-18(20)23(30)19-6-2-4-8-21(19)28/h1-12,24H,13-15H2,(H,27,29). The van der Waals surface area contributed by atoms with Crippen molar-refractivity contribution in [2.45, 2.75) is 19.6 Å². The van der Waals surface area contributed by atoms with Crippen LogP contribution in [0.4, 0.5) is 8.78 Å². The minimum atomic E-state index is -2.86. The maximum atomic E-state index is 12.8. The van der Waals surface area contributed by atoms with Crippen molar-refractivity contribution < 1.29 is 18.3 Å². The predicted molar refractivity (Wildman–Crippen MR) is 116 cm³/mol. The fourth-order valence-corrected chi connectivity index (χ4v) is 3.63. The number of ether oxygens (including phenoxy) is 1. The molecule has 31 heavy (non-hydrogen) atoms. The largest absolute Gasteiger partial charge is 0.435 e. The van der Waals surface area contributed by atoms with Gasteiger partial charge < -0.3 is 14.6 Å². The van der Waals surface area contributed by atoms with Gasteiger partial charge in [-0.3, -0.25) is 9.59 Å². The Hall–Kier alpha value is -3.74. The highest BCUT2D eigenvalue weighted by atomic mass is 19.3. The van der Waals surface area contributed by atoms with Gasteiger partial charge in [-0.2, -0.15) is 8.78 Å². The number of rotatable bonds is 7. The maximum absolute atomic E-state index is 12.8. The van der Waals surface area contributed by atoms with Crippen LogP contribution >= 0.6 is 0 Å². The van der Waals surface area contributed by atoms with E-state index in [4.69, 9.17) is 0 Å². The highest BCUT2D eigenvalue weighted by molar-refractivity contribution is 5.94. The van der Waals surface area contributed by atoms with Crippen molar-refractivity contribution in [3.8, 4) is 5.75 Å². The van der Waals surface area contributed by atoms with Gasteiger partial charge in [0.15, 0.2) is 5.43 Å². The van der Waals surface area contributed by atoms with Crippen molar-refractivity contribution in [3.05, 3.63) is 88.6 Å². The molecule has 0 atom stereocenters. The monoisotopic (exact) mass is 422 g/mol. The summed E-state index contributed by atoms with van der Waals surface area (Å²) in [5.74, 6) is -0.0867. The summed E-state index contributed by atoms with van der Waals surface area (Å²) >= 11 is 0. The van der Waals surface area contributed by atoms with E-state index in [2.05, 4.69) is 10.1 Å². The summed E-state index contributed by atoms with van der Waals surface area (Å²) in [6.45, 7) is -2.39. The van der Waals surface area contributed by atoms with Crippen LogP contribution in [0, 0.1) is 0 Å². The third-order valence-corrected chi connectivity index (χ3v) is 5.07. The Morgan fingerprint density at radius 3 is 2.06 bits per heavy atom. The summed E-state index contributed by atoms with van der Waals surface area (Å²) in [7, 11) is 0. The molecule has 0 aliphatic rings. The van der Waals surface area contributed by atoms with Gasteiger partial charge in [0.25, 0.3) is 0 Å². The number of amides is 1. The molecule has 0 aliphatic carbocycles. The van der Waals surface area contributed by atoms with Crippen LogP contribution in [-0.4, -0.2) is 23.6 Å². The molecule has 5 nitrogen and oxygen atoms in total. The highest BCUT2D eigenvalue weighted by Crippen LogP contribution is 2.19. The van der Waals surface area contributed by atoms with Gasteiger partial charge in [-0.05, 0) is 48.4 Å². The van der Waals surface area contributed by atoms with E-state index in [0.717, 1.165) is 5.56 Å². The van der Waals surface area contributed by atoms with Crippen molar-refractivity contribution in [1.82, 2.24) is 9.88 Å². The molecule has 1 aromatic heterocycles. The van der Waals surface area contributed by atoms with E-state index >= 15 is 0 Å². The zero-order chi connectivity index (χ0) is 21.8. The number of para-hydroxylation sites is 2. The number of carbonyl (C=O) groups is 1. The molecule has 4 rings (SSSR count). The quantitative estimate of drug-likeness (QED) is 0.456. The summed E-state index contributed by atoms with van der Waals surface area (Å²) in [6, 6.07) is 20.8. The lowest BCUT2D eigenvalue weighted by atomic mass is 10.1. The van der Waals surface area contributed by atoms with Crippen molar-refractivity contribution in [3.63, 3.8) is 0 Å². The third-order valence-electron chi connectivity index (χ3n) is 5.07. The summed E-state index contributed by atoms with van der Waals surface area (Å²) in [4.78, 5) is 25.4. The van der Waals surface area contributed by atoms with Gasteiger partial charge in [0.05, 0.1) is 11.0 Å². The molecule has 0 spiro atoms. The summed E-state index contributed by atoms with van der Waals surface area (Å²) in [5.41, 5.74) is 2.25. The smallest absolute Gasteiger partial charge is 0.387 e. The van der Waals surface area contributed by atoms with Crippen LogP contribution in [-0.2, 0) is 17.8 Å². The number of fused-ring (bicyclic) bond motifs is 2. The van der Waals surface area contributed by atoms with Crippen LogP contribution in [0.1, 0.15) is 5.56 Å². The SMILES string of the molecule is O=C(Cn1c2ccccc2c(=O)c2ccccc21)NCCc1ccc(OC(F)F)cc1. The van der Waals surface area contributed by atoms with Crippen LogP contribution in [0.15, 0.2) is 77.6 Å². The molecule has 158 valence electrons. The molecule has 0 radical (unpaired) electrons. The number of nitrogens with zero attached hydrogens (tertiary/aromatic N) is 1. The molecule has 0 saturated carbocycles. The fraction of sp³-hybridized carbons (Fsp3) is 0.167. The number of hydrogen-bond donors (Lipinski definition) is 1. The molecule has 0 fully saturated rings. The Labute approximate surface area is 176 Å². The minimum absolute atomic E-state index is 0.0536. The van der Waals surface area contributed by atoms with Gasteiger partial charge in [0, 0.05) is 17.3 Å². The summed E-state index contributed by atoms with van der Waals surface area (Å²) < 4.78 is 30.6. The molecule has 7 heteroatoms. The Kier molecular flexibility index (Phi) is 5.93. The van der Waals surface area contributed by atoms with Crippen LogP contribution in [0.5, 0.6) is 5.75 Å². The average Bonchev–Trinajstić information content (AvgIpc) is 2.77. The first-order valence-electron chi connectivity index (χ1n) is 9.83. The van der Waals surface area contributed by atoms with E-state index in [-0.39, 0.29) is 23.6 Å². The number of aromatic nitrogens is 1. The van der Waals surface area contributed by atoms with E-state index in [1.165, 1.54) is 12.1 Å². The molecule has 1 heterocycles. The molecule has 0 unspecified atom stereocenters. The Balaban J connectivity index is 1.47. The molecule has 1 N–H and O–H groups in total. The molecule has 0 bridgehead atoms. The Morgan fingerprint density at radius 1 is 0.903 bits per heavy atom. The van der Waals surface area contributed by atoms with Crippen LogP contribution < -0.4 is 15.5 Å². The Bertz CT molecular complexity index is 1220. The van der Waals surface area contributed by atoms with Gasteiger partial charge in [-0.15, -0.1) is 0 Å². The summed E-state index contributed by atoms with van der Waals surface area (Å²) in [6.07, 6.45) is 0.548. The predicted octanol–water partition coefficient (Wildman–Crippen LogP) is 4.12. The molecule has 0 saturated heterocycles. The van der Waals surface area contributed by atoms with Gasteiger partial charge in [-0.1, -0.05) is 36.4 Å². The molecule has 0 aliphatic heterocycles. The first-order valence-corrected chi connectivity index (χ1v) is 9.83. The molecule has 1 amide bonds. The summed E-state index contributed by atoms with van der Waals surface area (Å²) in [5, 5.41) is 4.02. The van der Waals surface area contributed by atoms with Crippen molar-refractivity contribution >= 4 is 27.7 Å². The Morgan fingerprint density at radius 2 is 1.48 bits per heavy atom. The average molecular weight is 422 g/mol. The number of benzene rings is 3. The van der Waals surface area contributed by atoms with E-state index in [0.29, 0.717) is 34.8 Å². The van der Waals surface area contributed by atoms with Gasteiger partial charge in [-0.25, -0.2) is 0 Å². The normalized spacial score (nSPS) is 11.2. The molecular weight excluding hydrogens is 402 g/mol. The van der Waals surface area contributed by atoms with Crippen LogP contribution in [0.2, 0.25) is 0 Å². The molecule has 3 aromatic carbocycles. The number of hydrogen-bond acceptors (Lipinski definition) is 3. The lowest BCUT2D eigenvalue weighted by Crippen LogP contribution is -2.30. The van der Waals surface area contributed by atoms with Crippen molar-refractivity contribution in [2.75, 3.05) is 6.54 Å². The maximum Gasteiger partial charge on any atom is 0.387 e. The van der Waals surface area contributed by atoms with Crippen LogP contribution in [0.3, 0.4) is 0 Å². The number of carbonyl (C=O) groups excluding carboxylic acids is 1.